The Kier molecular flexibility index (Phi) is 6.53. The van der Waals surface area contributed by atoms with E-state index in [0.29, 0.717) is 55.2 Å². The molecular weight excluding hydrogens is 489 g/mol. The van der Waals surface area contributed by atoms with Crippen LogP contribution in [0.25, 0.3) is 10.9 Å². The predicted molar refractivity (Wildman–Crippen MR) is 135 cm³/mol. The summed E-state index contributed by atoms with van der Waals surface area (Å²) >= 11 is 6.30. The number of aromatic nitrogens is 1. The Bertz CT molecular complexity index is 1280. The minimum absolute atomic E-state index is 0. The van der Waals surface area contributed by atoms with Crippen molar-refractivity contribution >= 4 is 46.8 Å². The molecule has 7 nitrogen and oxygen atoms in total. The lowest BCUT2D eigenvalue weighted by Gasteiger charge is -2.38. The van der Waals surface area contributed by atoms with Crippen molar-refractivity contribution in [3.8, 4) is 0 Å². The number of hydrogen-bond donors (Lipinski definition) is 1. The molecule has 1 N–H and O–H groups in total. The summed E-state index contributed by atoms with van der Waals surface area (Å²) in [5, 5.41) is 4.87. The van der Waals surface area contributed by atoms with Crippen molar-refractivity contribution in [3.63, 3.8) is 0 Å². The van der Waals surface area contributed by atoms with Crippen LogP contribution >= 0.6 is 24.0 Å². The van der Waals surface area contributed by atoms with E-state index < -0.39 is 5.60 Å². The molecule has 3 aliphatic rings. The number of morpholine rings is 1. The number of amides is 1. The van der Waals surface area contributed by atoms with Crippen LogP contribution in [0.4, 0.5) is 0 Å². The number of benzene rings is 2. The van der Waals surface area contributed by atoms with Gasteiger partial charge in [0.1, 0.15) is 5.60 Å². The Morgan fingerprint density at radius 1 is 1.17 bits per heavy atom. The Morgan fingerprint density at radius 3 is 2.74 bits per heavy atom. The maximum atomic E-state index is 13.6. The number of carbonyl (C=O) groups excluding carboxylic acids is 2. The Labute approximate surface area is 214 Å². The topological polar surface area (TPSA) is 72.8 Å². The van der Waals surface area contributed by atoms with Crippen LogP contribution in [0.5, 0.6) is 0 Å². The molecule has 0 aliphatic carbocycles. The van der Waals surface area contributed by atoms with Gasteiger partial charge in [-0.15, -0.1) is 12.4 Å². The molecule has 2 aromatic carbocycles. The zero-order valence-electron chi connectivity index (χ0n) is 19.2. The fourth-order valence-corrected chi connectivity index (χ4v) is 5.67. The first kappa shape index (κ1) is 24.1. The standard InChI is InChI=1S/C26H26ClN3O4.ClH/c27-17-5-6-19-21(16-30(23(19)13-17)15-18-14-28-9-12-33-18)24(31)29-10-7-26(8-11-29)22-4-2-1-3-20(22)25(32)34-26;/h1-6,13,16,18,28H,7-12,14-15H2;1H/t18-;/m1./s1. The number of ether oxygens (including phenoxy) is 2. The number of rotatable bonds is 3. The van der Waals surface area contributed by atoms with Gasteiger partial charge in [0.25, 0.3) is 5.91 Å². The Hall–Kier alpha value is -2.58. The normalized spacial score (nSPS) is 21.0. The van der Waals surface area contributed by atoms with E-state index in [1.165, 1.54) is 0 Å². The van der Waals surface area contributed by atoms with Crippen molar-refractivity contribution in [2.24, 2.45) is 0 Å². The number of piperidine rings is 1. The summed E-state index contributed by atoms with van der Waals surface area (Å²) in [6.45, 7) is 4.01. The van der Waals surface area contributed by atoms with E-state index >= 15 is 0 Å². The SMILES string of the molecule is Cl.O=C1OC2(CCN(C(=O)c3cn(C[C@H]4CNCCO4)c4cc(Cl)ccc34)CC2)c2ccccc21. The molecule has 9 heteroatoms. The first-order chi connectivity index (χ1) is 16.5. The molecule has 1 spiro atoms. The second kappa shape index (κ2) is 9.47. The maximum absolute atomic E-state index is 13.6. The molecular formula is C26H27Cl2N3O4. The number of esters is 1. The number of fused-ring (bicyclic) bond motifs is 3. The van der Waals surface area contributed by atoms with E-state index in [-0.39, 0.29) is 30.4 Å². The molecule has 0 bridgehead atoms. The van der Waals surface area contributed by atoms with Gasteiger partial charge >= 0.3 is 5.97 Å². The van der Waals surface area contributed by atoms with Gasteiger partial charge in [-0.3, -0.25) is 4.79 Å². The summed E-state index contributed by atoms with van der Waals surface area (Å²) in [4.78, 5) is 27.9. The minimum atomic E-state index is -0.628. The van der Waals surface area contributed by atoms with Crippen LogP contribution in [-0.2, 0) is 21.6 Å². The molecule has 184 valence electrons. The lowest BCUT2D eigenvalue weighted by atomic mass is 9.83. The molecule has 2 fully saturated rings. The monoisotopic (exact) mass is 515 g/mol. The van der Waals surface area contributed by atoms with E-state index in [2.05, 4.69) is 9.88 Å². The van der Waals surface area contributed by atoms with Crippen molar-refractivity contribution in [3.05, 3.63) is 70.4 Å². The predicted octanol–water partition coefficient (Wildman–Crippen LogP) is 4.01. The van der Waals surface area contributed by atoms with Crippen LogP contribution in [0.15, 0.2) is 48.7 Å². The zero-order chi connectivity index (χ0) is 23.3. The molecule has 1 aromatic heterocycles. The van der Waals surface area contributed by atoms with Crippen LogP contribution < -0.4 is 5.32 Å². The van der Waals surface area contributed by atoms with Gasteiger partial charge in [0.05, 0.1) is 35.9 Å². The fourth-order valence-electron chi connectivity index (χ4n) is 5.50. The summed E-state index contributed by atoms with van der Waals surface area (Å²) < 4.78 is 13.8. The molecule has 0 unspecified atom stereocenters. The number of likely N-dealkylation sites (tertiary alicyclic amines) is 1. The molecule has 3 aromatic rings. The number of hydrogen-bond acceptors (Lipinski definition) is 5. The van der Waals surface area contributed by atoms with E-state index in [4.69, 9.17) is 21.1 Å². The van der Waals surface area contributed by atoms with Gasteiger partial charge in [-0.25, -0.2) is 4.79 Å². The van der Waals surface area contributed by atoms with E-state index in [1.807, 2.05) is 53.6 Å². The molecule has 3 aliphatic heterocycles. The highest BCUT2D eigenvalue weighted by atomic mass is 35.5. The third-order valence-electron chi connectivity index (χ3n) is 7.26. The van der Waals surface area contributed by atoms with Gasteiger partial charge < -0.3 is 24.3 Å². The van der Waals surface area contributed by atoms with Gasteiger partial charge in [0.2, 0.25) is 0 Å². The van der Waals surface area contributed by atoms with Crippen LogP contribution in [0.1, 0.15) is 39.1 Å². The second-order valence-corrected chi connectivity index (χ2v) is 9.71. The fraction of sp³-hybridized carbons (Fsp3) is 0.385. The summed E-state index contributed by atoms with van der Waals surface area (Å²) in [5.41, 5.74) is 2.55. The average Bonchev–Trinajstić information content (AvgIpc) is 3.35. The molecule has 1 atom stereocenters. The van der Waals surface area contributed by atoms with Crippen molar-refractivity contribution in [2.45, 2.75) is 31.1 Å². The van der Waals surface area contributed by atoms with E-state index in [9.17, 15) is 9.59 Å². The average molecular weight is 516 g/mol. The van der Waals surface area contributed by atoms with Crippen LogP contribution in [0.3, 0.4) is 0 Å². The number of nitrogens with one attached hydrogen (secondary N) is 1. The summed E-state index contributed by atoms with van der Waals surface area (Å²) in [7, 11) is 0. The van der Waals surface area contributed by atoms with Crippen molar-refractivity contribution < 1.29 is 19.1 Å². The molecule has 1 amide bonds. The van der Waals surface area contributed by atoms with Gasteiger partial charge in [0.15, 0.2) is 0 Å². The molecule has 4 heterocycles. The van der Waals surface area contributed by atoms with Crippen molar-refractivity contribution in [1.82, 2.24) is 14.8 Å². The maximum Gasteiger partial charge on any atom is 0.339 e. The lowest BCUT2D eigenvalue weighted by molar-refractivity contribution is -0.0389. The molecule has 0 radical (unpaired) electrons. The lowest BCUT2D eigenvalue weighted by Crippen LogP contribution is -2.45. The molecule has 0 saturated carbocycles. The Morgan fingerprint density at radius 2 is 1.97 bits per heavy atom. The minimum Gasteiger partial charge on any atom is -0.450 e. The number of nitrogens with zero attached hydrogens (tertiary/aromatic N) is 2. The summed E-state index contributed by atoms with van der Waals surface area (Å²) in [5.74, 6) is -0.282. The first-order valence-corrected chi connectivity index (χ1v) is 12.1. The van der Waals surface area contributed by atoms with Gasteiger partial charge in [-0.2, -0.15) is 0 Å². The smallest absolute Gasteiger partial charge is 0.339 e. The Balaban J connectivity index is 0.00000253. The summed E-state index contributed by atoms with van der Waals surface area (Å²) in [6.07, 6.45) is 3.15. The van der Waals surface area contributed by atoms with E-state index in [0.717, 1.165) is 29.6 Å². The van der Waals surface area contributed by atoms with Gasteiger partial charge in [-0.05, 0) is 18.2 Å². The van der Waals surface area contributed by atoms with Crippen LogP contribution in [-0.4, -0.2) is 60.2 Å². The first-order valence-electron chi connectivity index (χ1n) is 11.8. The van der Waals surface area contributed by atoms with Crippen molar-refractivity contribution in [1.29, 1.82) is 0 Å². The molecule has 6 rings (SSSR count). The largest absolute Gasteiger partial charge is 0.450 e. The van der Waals surface area contributed by atoms with Crippen molar-refractivity contribution in [2.75, 3.05) is 32.8 Å². The molecule has 35 heavy (non-hydrogen) atoms. The van der Waals surface area contributed by atoms with Gasteiger partial charge in [-0.1, -0.05) is 35.9 Å². The highest BCUT2D eigenvalue weighted by Crippen LogP contribution is 2.44. The van der Waals surface area contributed by atoms with E-state index in [1.54, 1.807) is 0 Å². The quantitative estimate of drug-likeness (QED) is 0.533. The van der Waals surface area contributed by atoms with Gasteiger partial charge in [0, 0.05) is 61.2 Å². The highest BCUT2D eigenvalue weighted by Gasteiger charge is 2.47. The zero-order valence-corrected chi connectivity index (χ0v) is 20.7. The highest BCUT2D eigenvalue weighted by molar-refractivity contribution is 6.31. The second-order valence-electron chi connectivity index (χ2n) is 9.28. The summed E-state index contributed by atoms with van der Waals surface area (Å²) in [6, 6.07) is 13.2. The number of carbonyl (C=O) groups is 2. The number of halogens is 2. The van der Waals surface area contributed by atoms with Crippen LogP contribution in [0.2, 0.25) is 5.02 Å². The third kappa shape index (κ3) is 4.20. The van der Waals surface area contributed by atoms with Crippen LogP contribution in [0, 0.1) is 0 Å². The molecule has 2 saturated heterocycles. The third-order valence-corrected chi connectivity index (χ3v) is 7.50.